The lowest BCUT2D eigenvalue weighted by Crippen LogP contribution is -2.16. The van der Waals surface area contributed by atoms with Crippen molar-refractivity contribution in [3.05, 3.63) is 78.4 Å². The van der Waals surface area contributed by atoms with Crippen molar-refractivity contribution in [2.24, 2.45) is 0 Å². The number of hydrogen-bond donors (Lipinski definition) is 2. The maximum absolute atomic E-state index is 12.4. The van der Waals surface area contributed by atoms with Gasteiger partial charge in [0.2, 0.25) is 5.91 Å². The van der Waals surface area contributed by atoms with Crippen molar-refractivity contribution in [3.8, 4) is 17.2 Å². The van der Waals surface area contributed by atoms with Crippen LogP contribution in [0.25, 0.3) is 0 Å². The number of methoxy groups -OCH3 is 1. The summed E-state index contributed by atoms with van der Waals surface area (Å²) in [5.74, 6) is 2.95. The average molecular weight is 481 g/mol. The highest BCUT2D eigenvalue weighted by Gasteiger charge is 2.08. The highest BCUT2D eigenvalue weighted by Crippen LogP contribution is 2.18. The van der Waals surface area contributed by atoms with Gasteiger partial charge in [-0.3, -0.25) is 9.59 Å². The van der Waals surface area contributed by atoms with Gasteiger partial charge in [0, 0.05) is 22.7 Å². The van der Waals surface area contributed by atoms with Crippen LogP contribution in [0.15, 0.2) is 72.8 Å². The number of benzene rings is 3. The zero-order valence-electron chi connectivity index (χ0n) is 19.2. The van der Waals surface area contributed by atoms with E-state index in [2.05, 4.69) is 10.6 Å². The SMILES string of the molecule is CCOc1ccc(NC(=O)c2ccc(NC(=O)CSCCOc3ccc(OC)cc3)cc2)cc1. The maximum Gasteiger partial charge on any atom is 0.255 e. The predicted molar refractivity (Wildman–Crippen MR) is 136 cm³/mol. The Morgan fingerprint density at radius 3 is 1.97 bits per heavy atom. The molecule has 0 heterocycles. The summed E-state index contributed by atoms with van der Waals surface area (Å²) < 4.78 is 16.2. The molecular formula is C26H28N2O5S. The number of thioether (sulfide) groups is 1. The first-order valence-corrected chi connectivity index (χ1v) is 12.0. The molecule has 3 rings (SSSR count). The molecule has 0 bridgehead atoms. The molecule has 0 atom stereocenters. The summed E-state index contributed by atoms with van der Waals surface area (Å²) in [6, 6.07) is 21.3. The van der Waals surface area contributed by atoms with Crippen LogP contribution in [-0.2, 0) is 4.79 Å². The summed E-state index contributed by atoms with van der Waals surface area (Å²) in [4.78, 5) is 24.6. The van der Waals surface area contributed by atoms with Crippen molar-refractivity contribution in [2.75, 3.05) is 42.5 Å². The largest absolute Gasteiger partial charge is 0.497 e. The molecule has 0 spiro atoms. The number of amides is 2. The van der Waals surface area contributed by atoms with E-state index in [9.17, 15) is 9.59 Å². The standard InChI is InChI=1S/C26H28N2O5S/c1-3-32-23-10-8-21(9-11-23)28-26(30)19-4-6-20(7-5-19)27-25(29)18-34-17-16-33-24-14-12-22(31-2)13-15-24/h4-15H,3,16-18H2,1-2H3,(H,27,29)(H,28,30). The first-order chi connectivity index (χ1) is 16.6. The van der Waals surface area contributed by atoms with Gasteiger partial charge in [-0.2, -0.15) is 0 Å². The quantitative estimate of drug-likeness (QED) is 0.351. The van der Waals surface area contributed by atoms with E-state index in [1.165, 1.54) is 11.8 Å². The Balaban J connectivity index is 1.36. The Bertz CT molecular complexity index is 1050. The van der Waals surface area contributed by atoms with Crippen molar-refractivity contribution in [1.82, 2.24) is 0 Å². The second kappa shape index (κ2) is 13.2. The zero-order valence-corrected chi connectivity index (χ0v) is 20.0. The van der Waals surface area contributed by atoms with Gasteiger partial charge in [-0.15, -0.1) is 11.8 Å². The molecule has 8 heteroatoms. The smallest absolute Gasteiger partial charge is 0.255 e. The van der Waals surface area contributed by atoms with E-state index in [1.54, 1.807) is 55.6 Å². The van der Waals surface area contributed by atoms with Crippen LogP contribution in [0.1, 0.15) is 17.3 Å². The summed E-state index contributed by atoms with van der Waals surface area (Å²) in [7, 11) is 1.62. The van der Waals surface area contributed by atoms with Crippen LogP contribution in [0.3, 0.4) is 0 Å². The maximum atomic E-state index is 12.4. The van der Waals surface area contributed by atoms with Crippen LogP contribution in [0.2, 0.25) is 0 Å². The molecule has 2 amide bonds. The van der Waals surface area contributed by atoms with Gasteiger partial charge in [-0.05, 0) is 79.7 Å². The molecule has 2 N–H and O–H groups in total. The number of anilines is 2. The van der Waals surface area contributed by atoms with Crippen LogP contribution in [0.5, 0.6) is 17.2 Å². The predicted octanol–water partition coefficient (Wildman–Crippen LogP) is 5.10. The lowest BCUT2D eigenvalue weighted by atomic mass is 10.2. The second-order valence-corrected chi connectivity index (χ2v) is 8.22. The number of nitrogens with one attached hydrogen (secondary N) is 2. The van der Waals surface area contributed by atoms with Crippen molar-refractivity contribution >= 4 is 35.0 Å². The van der Waals surface area contributed by atoms with E-state index in [4.69, 9.17) is 14.2 Å². The third-order valence-electron chi connectivity index (χ3n) is 4.64. The summed E-state index contributed by atoms with van der Waals surface area (Å²) in [6.45, 7) is 3.01. The van der Waals surface area contributed by atoms with Gasteiger partial charge >= 0.3 is 0 Å². The number of ether oxygens (including phenoxy) is 3. The highest BCUT2D eigenvalue weighted by atomic mass is 32.2. The first-order valence-electron chi connectivity index (χ1n) is 10.9. The topological polar surface area (TPSA) is 85.9 Å². The zero-order chi connectivity index (χ0) is 24.2. The van der Waals surface area contributed by atoms with Crippen LogP contribution in [-0.4, -0.2) is 43.6 Å². The fourth-order valence-electron chi connectivity index (χ4n) is 2.96. The van der Waals surface area contributed by atoms with Crippen LogP contribution in [0, 0.1) is 0 Å². The minimum Gasteiger partial charge on any atom is -0.497 e. The normalized spacial score (nSPS) is 10.3. The van der Waals surface area contributed by atoms with Gasteiger partial charge in [0.25, 0.3) is 5.91 Å². The lowest BCUT2D eigenvalue weighted by molar-refractivity contribution is -0.113. The molecule has 34 heavy (non-hydrogen) atoms. The summed E-state index contributed by atoms with van der Waals surface area (Å²) in [5, 5.41) is 5.68. The van der Waals surface area contributed by atoms with Crippen molar-refractivity contribution in [1.29, 1.82) is 0 Å². The van der Waals surface area contributed by atoms with E-state index in [-0.39, 0.29) is 11.8 Å². The van der Waals surface area contributed by atoms with Crippen LogP contribution >= 0.6 is 11.8 Å². The summed E-state index contributed by atoms with van der Waals surface area (Å²) in [5.41, 5.74) is 1.81. The molecule has 3 aromatic carbocycles. The molecule has 0 saturated heterocycles. The van der Waals surface area contributed by atoms with E-state index in [1.807, 2.05) is 31.2 Å². The number of carbonyl (C=O) groups is 2. The lowest BCUT2D eigenvalue weighted by Gasteiger charge is -2.09. The molecule has 0 aliphatic heterocycles. The van der Waals surface area contributed by atoms with Gasteiger partial charge in [0.05, 0.1) is 26.1 Å². The molecule has 7 nitrogen and oxygen atoms in total. The molecule has 3 aromatic rings. The number of carbonyl (C=O) groups excluding carboxylic acids is 2. The molecule has 0 aromatic heterocycles. The third-order valence-corrected chi connectivity index (χ3v) is 5.56. The third kappa shape index (κ3) is 8.04. The van der Waals surface area contributed by atoms with Crippen molar-refractivity contribution in [3.63, 3.8) is 0 Å². The first kappa shape index (κ1) is 25.0. The Hall–Kier alpha value is -3.65. The Morgan fingerprint density at radius 1 is 0.765 bits per heavy atom. The van der Waals surface area contributed by atoms with E-state index < -0.39 is 0 Å². The van der Waals surface area contributed by atoms with Gasteiger partial charge in [0.1, 0.15) is 17.2 Å². The van der Waals surface area contributed by atoms with Gasteiger partial charge < -0.3 is 24.8 Å². The molecule has 0 aliphatic rings. The van der Waals surface area contributed by atoms with Gasteiger partial charge in [-0.25, -0.2) is 0 Å². The van der Waals surface area contributed by atoms with E-state index in [0.29, 0.717) is 41.7 Å². The van der Waals surface area contributed by atoms with Crippen LogP contribution < -0.4 is 24.8 Å². The number of hydrogen-bond acceptors (Lipinski definition) is 6. The monoisotopic (exact) mass is 480 g/mol. The summed E-state index contributed by atoms with van der Waals surface area (Å²) in [6.07, 6.45) is 0. The Kier molecular flexibility index (Phi) is 9.66. The Morgan fingerprint density at radius 2 is 1.32 bits per heavy atom. The fourth-order valence-corrected chi connectivity index (χ4v) is 3.56. The molecule has 0 aliphatic carbocycles. The minimum absolute atomic E-state index is 0.110. The van der Waals surface area contributed by atoms with E-state index in [0.717, 1.165) is 17.2 Å². The van der Waals surface area contributed by atoms with E-state index >= 15 is 0 Å². The second-order valence-electron chi connectivity index (χ2n) is 7.11. The van der Waals surface area contributed by atoms with Crippen molar-refractivity contribution in [2.45, 2.75) is 6.92 Å². The van der Waals surface area contributed by atoms with Gasteiger partial charge in [0.15, 0.2) is 0 Å². The minimum atomic E-state index is -0.227. The fraction of sp³-hybridized carbons (Fsp3) is 0.231. The van der Waals surface area contributed by atoms with Crippen molar-refractivity contribution < 1.29 is 23.8 Å². The molecular weight excluding hydrogens is 452 g/mol. The van der Waals surface area contributed by atoms with Crippen LogP contribution in [0.4, 0.5) is 11.4 Å². The summed E-state index contributed by atoms with van der Waals surface area (Å²) >= 11 is 1.49. The molecule has 0 saturated carbocycles. The molecule has 178 valence electrons. The molecule has 0 fully saturated rings. The average Bonchev–Trinajstić information content (AvgIpc) is 2.86. The molecule has 0 radical (unpaired) electrons. The Labute approximate surface area is 203 Å². The molecule has 0 unspecified atom stereocenters. The highest BCUT2D eigenvalue weighted by molar-refractivity contribution is 7.99. The van der Waals surface area contributed by atoms with Gasteiger partial charge in [-0.1, -0.05) is 0 Å². The number of rotatable bonds is 12.